The van der Waals surface area contributed by atoms with Crippen molar-refractivity contribution >= 4 is 17.7 Å². The first-order chi connectivity index (χ1) is 13.5. The van der Waals surface area contributed by atoms with Crippen molar-refractivity contribution in [2.45, 2.75) is 51.5 Å². The van der Waals surface area contributed by atoms with Gasteiger partial charge in [0.25, 0.3) is 0 Å². The van der Waals surface area contributed by atoms with Crippen LogP contribution in [0.2, 0.25) is 0 Å². The first kappa shape index (κ1) is 20.4. The molecule has 2 aliphatic rings. The first-order valence-corrected chi connectivity index (χ1v) is 10.4. The number of carbonyl (C=O) groups excluding carboxylic acids is 3. The number of amides is 3. The van der Waals surface area contributed by atoms with Crippen molar-refractivity contribution < 1.29 is 14.4 Å². The highest BCUT2D eigenvalue weighted by Gasteiger charge is 2.31. The molecule has 0 aromatic heterocycles. The molecule has 0 radical (unpaired) electrons. The summed E-state index contributed by atoms with van der Waals surface area (Å²) in [6, 6.07) is 9.27. The van der Waals surface area contributed by atoms with E-state index in [0.29, 0.717) is 13.1 Å². The van der Waals surface area contributed by atoms with Gasteiger partial charge < -0.3 is 15.1 Å². The highest BCUT2D eigenvalue weighted by Crippen LogP contribution is 2.24. The number of nitrogens with one attached hydrogen (secondary N) is 1. The molecule has 3 amide bonds. The maximum Gasteiger partial charge on any atom is 0.225 e. The Hall–Kier alpha value is -2.37. The third-order valence-corrected chi connectivity index (χ3v) is 5.82. The van der Waals surface area contributed by atoms with Crippen LogP contribution in [0.4, 0.5) is 0 Å². The van der Waals surface area contributed by atoms with Crippen LogP contribution in [0.1, 0.15) is 57.1 Å². The van der Waals surface area contributed by atoms with Crippen LogP contribution in [-0.2, 0) is 14.4 Å². The van der Waals surface area contributed by atoms with E-state index in [1.54, 1.807) is 0 Å². The second kappa shape index (κ2) is 9.71. The molecule has 2 saturated heterocycles. The summed E-state index contributed by atoms with van der Waals surface area (Å²) in [4.78, 5) is 40.9. The number of hydrogen-bond acceptors (Lipinski definition) is 3. The molecule has 1 aromatic carbocycles. The Morgan fingerprint density at radius 1 is 0.964 bits per heavy atom. The second-order valence-corrected chi connectivity index (χ2v) is 7.91. The van der Waals surface area contributed by atoms with Gasteiger partial charge in [-0.25, -0.2) is 0 Å². The molecule has 2 aliphatic heterocycles. The predicted octanol–water partition coefficient (Wildman–Crippen LogP) is 2.50. The van der Waals surface area contributed by atoms with Gasteiger partial charge in [-0.2, -0.15) is 0 Å². The van der Waals surface area contributed by atoms with Gasteiger partial charge in [-0.1, -0.05) is 30.3 Å². The minimum atomic E-state index is -0.320. The standard InChI is InChI=1S/C22H31N3O3/c1-17(26)23-20(18-8-4-2-5-9-18)16-21(27)24-14-10-19(11-15-24)22(28)25-12-6-3-7-13-25/h2,4-5,8-9,19-20H,3,6-7,10-16H2,1H3,(H,23,26). The molecule has 6 heteroatoms. The molecule has 1 atom stereocenters. The molecular formula is C22H31N3O3. The Balaban J connectivity index is 1.53. The van der Waals surface area contributed by atoms with E-state index < -0.39 is 0 Å². The SMILES string of the molecule is CC(=O)NC(CC(=O)N1CCC(C(=O)N2CCCCC2)CC1)c1ccccc1. The summed E-state index contributed by atoms with van der Waals surface area (Å²) in [5.41, 5.74) is 0.932. The fourth-order valence-corrected chi connectivity index (χ4v) is 4.23. The van der Waals surface area contributed by atoms with Crippen molar-refractivity contribution in [1.82, 2.24) is 15.1 Å². The van der Waals surface area contributed by atoms with Gasteiger partial charge >= 0.3 is 0 Å². The Labute approximate surface area is 167 Å². The van der Waals surface area contributed by atoms with Crippen LogP contribution in [0.3, 0.4) is 0 Å². The van der Waals surface area contributed by atoms with Crippen LogP contribution in [0.5, 0.6) is 0 Å². The minimum Gasteiger partial charge on any atom is -0.349 e. The summed E-state index contributed by atoms with van der Waals surface area (Å²) < 4.78 is 0. The van der Waals surface area contributed by atoms with E-state index in [-0.39, 0.29) is 36.1 Å². The number of benzene rings is 1. The summed E-state index contributed by atoms with van der Waals surface area (Å²) in [6.07, 6.45) is 5.14. The number of nitrogens with zero attached hydrogens (tertiary/aromatic N) is 2. The Bertz CT molecular complexity index is 678. The van der Waals surface area contributed by atoms with Gasteiger partial charge in [-0.15, -0.1) is 0 Å². The van der Waals surface area contributed by atoms with Crippen molar-refractivity contribution in [3.05, 3.63) is 35.9 Å². The topological polar surface area (TPSA) is 69.7 Å². The summed E-state index contributed by atoms with van der Waals surface area (Å²) in [7, 11) is 0. The zero-order chi connectivity index (χ0) is 19.9. The van der Waals surface area contributed by atoms with Crippen molar-refractivity contribution in [3.8, 4) is 0 Å². The lowest BCUT2D eigenvalue weighted by atomic mass is 9.93. The molecule has 0 aliphatic carbocycles. The van der Waals surface area contributed by atoms with E-state index in [0.717, 1.165) is 44.3 Å². The van der Waals surface area contributed by atoms with E-state index in [1.165, 1.54) is 13.3 Å². The van der Waals surface area contributed by atoms with Gasteiger partial charge in [0, 0.05) is 39.0 Å². The molecule has 0 saturated carbocycles. The quantitative estimate of drug-likeness (QED) is 0.847. The second-order valence-electron chi connectivity index (χ2n) is 7.91. The van der Waals surface area contributed by atoms with Crippen LogP contribution in [-0.4, -0.2) is 53.7 Å². The zero-order valence-electron chi connectivity index (χ0n) is 16.7. The molecule has 3 rings (SSSR count). The molecule has 0 bridgehead atoms. The largest absolute Gasteiger partial charge is 0.349 e. The van der Waals surface area contributed by atoms with Gasteiger partial charge in [0.15, 0.2) is 0 Å². The van der Waals surface area contributed by atoms with Crippen LogP contribution in [0.15, 0.2) is 30.3 Å². The number of piperidine rings is 2. The molecule has 1 N–H and O–H groups in total. The minimum absolute atomic E-state index is 0.0338. The normalized spacial score (nSPS) is 19.2. The number of likely N-dealkylation sites (tertiary alicyclic amines) is 2. The average molecular weight is 386 g/mol. The Morgan fingerprint density at radius 3 is 2.21 bits per heavy atom. The van der Waals surface area contributed by atoms with Crippen LogP contribution < -0.4 is 5.32 Å². The predicted molar refractivity (Wildman–Crippen MR) is 107 cm³/mol. The van der Waals surface area contributed by atoms with Gasteiger partial charge in [0.2, 0.25) is 17.7 Å². The van der Waals surface area contributed by atoms with Crippen LogP contribution in [0.25, 0.3) is 0 Å². The fraction of sp³-hybridized carbons (Fsp3) is 0.591. The highest BCUT2D eigenvalue weighted by atomic mass is 16.2. The molecule has 0 spiro atoms. The average Bonchev–Trinajstić information content (AvgIpc) is 2.74. The monoisotopic (exact) mass is 385 g/mol. The molecule has 6 nitrogen and oxygen atoms in total. The Morgan fingerprint density at radius 2 is 1.61 bits per heavy atom. The lowest BCUT2D eigenvalue weighted by molar-refractivity contribution is -0.141. The first-order valence-electron chi connectivity index (χ1n) is 10.4. The third kappa shape index (κ3) is 5.33. The molecule has 1 aromatic rings. The molecule has 2 heterocycles. The van der Waals surface area contributed by atoms with Crippen molar-refractivity contribution in [3.63, 3.8) is 0 Å². The molecule has 28 heavy (non-hydrogen) atoms. The third-order valence-electron chi connectivity index (χ3n) is 5.82. The van der Waals surface area contributed by atoms with E-state index in [4.69, 9.17) is 0 Å². The number of hydrogen-bond donors (Lipinski definition) is 1. The lowest BCUT2D eigenvalue weighted by Gasteiger charge is -2.36. The van der Waals surface area contributed by atoms with E-state index >= 15 is 0 Å². The van der Waals surface area contributed by atoms with E-state index in [9.17, 15) is 14.4 Å². The van der Waals surface area contributed by atoms with Gasteiger partial charge in [0.1, 0.15) is 0 Å². The van der Waals surface area contributed by atoms with Gasteiger partial charge in [-0.05, 0) is 37.7 Å². The molecule has 152 valence electrons. The zero-order valence-corrected chi connectivity index (χ0v) is 16.7. The summed E-state index contributed by atoms with van der Waals surface area (Å²) in [6.45, 7) is 4.47. The fourth-order valence-electron chi connectivity index (χ4n) is 4.23. The highest BCUT2D eigenvalue weighted by molar-refractivity contribution is 5.81. The smallest absolute Gasteiger partial charge is 0.225 e. The van der Waals surface area contributed by atoms with Gasteiger partial charge in [0.05, 0.1) is 12.5 Å². The Kier molecular flexibility index (Phi) is 7.06. The van der Waals surface area contributed by atoms with Crippen molar-refractivity contribution in [1.29, 1.82) is 0 Å². The summed E-state index contributed by atoms with van der Waals surface area (Å²) in [5.74, 6) is 0.202. The van der Waals surface area contributed by atoms with Crippen molar-refractivity contribution in [2.24, 2.45) is 5.92 Å². The van der Waals surface area contributed by atoms with Crippen molar-refractivity contribution in [2.75, 3.05) is 26.2 Å². The number of carbonyl (C=O) groups is 3. The molecule has 1 unspecified atom stereocenters. The van der Waals surface area contributed by atoms with Crippen LogP contribution >= 0.6 is 0 Å². The lowest BCUT2D eigenvalue weighted by Crippen LogP contribution is -2.46. The summed E-state index contributed by atoms with van der Waals surface area (Å²) >= 11 is 0. The maximum atomic E-state index is 12.8. The van der Waals surface area contributed by atoms with E-state index in [1.807, 2.05) is 40.1 Å². The van der Waals surface area contributed by atoms with Crippen LogP contribution in [0, 0.1) is 5.92 Å². The maximum absolute atomic E-state index is 12.8. The molecular weight excluding hydrogens is 354 g/mol. The van der Waals surface area contributed by atoms with Gasteiger partial charge in [-0.3, -0.25) is 14.4 Å². The molecule has 2 fully saturated rings. The number of rotatable bonds is 5. The summed E-state index contributed by atoms with van der Waals surface area (Å²) in [5, 5.41) is 2.89. The van der Waals surface area contributed by atoms with E-state index in [2.05, 4.69) is 5.32 Å².